The second-order valence-electron chi connectivity index (χ2n) is 5.52. The van der Waals surface area contributed by atoms with Crippen molar-refractivity contribution < 1.29 is 22.4 Å². The average Bonchev–Trinajstić information content (AvgIpc) is 3.29. The average molecular weight is 370 g/mol. The molecule has 0 saturated carbocycles. The van der Waals surface area contributed by atoms with Gasteiger partial charge >= 0.3 is 0 Å². The molecule has 0 radical (unpaired) electrons. The summed E-state index contributed by atoms with van der Waals surface area (Å²) in [5.41, 5.74) is 5.22. The van der Waals surface area contributed by atoms with E-state index in [0.29, 0.717) is 12.4 Å². The molecule has 1 saturated heterocycles. The lowest BCUT2D eigenvalue weighted by Gasteiger charge is -2.23. The van der Waals surface area contributed by atoms with Crippen LogP contribution in [0.4, 0.5) is 0 Å². The van der Waals surface area contributed by atoms with Gasteiger partial charge < -0.3 is 14.9 Å². The van der Waals surface area contributed by atoms with Crippen LogP contribution in [-0.2, 0) is 21.3 Å². The van der Waals surface area contributed by atoms with E-state index < -0.39 is 15.9 Å². The van der Waals surface area contributed by atoms with Crippen LogP contribution in [0.2, 0.25) is 0 Å². The molecule has 3 heterocycles. The van der Waals surface area contributed by atoms with Crippen molar-refractivity contribution in [3.63, 3.8) is 0 Å². The Labute approximate surface area is 144 Å². The molecule has 9 heteroatoms. The zero-order valence-electron chi connectivity index (χ0n) is 12.9. The molecule has 0 aliphatic carbocycles. The minimum absolute atomic E-state index is 0.0610. The van der Waals surface area contributed by atoms with Gasteiger partial charge in [-0.1, -0.05) is 0 Å². The number of carbonyl (C=O) groups excluding carboxylic acids is 1. The summed E-state index contributed by atoms with van der Waals surface area (Å²) in [7, 11) is -3.78. The summed E-state index contributed by atoms with van der Waals surface area (Å²) in [4.78, 5) is 11.5. The summed E-state index contributed by atoms with van der Waals surface area (Å²) in [6.45, 7) is 0.991. The topological polar surface area (TPSA) is 103 Å². The molecule has 1 atom stereocenters. The maximum absolute atomic E-state index is 13.0. The lowest BCUT2D eigenvalue weighted by Crippen LogP contribution is -2.36. The van der Waals surface area contributed by atoms with Crippen molar-refractivity contribution in [1.29, 1.82) is 0 Å². The number of hydrogen-bond acceptors (Lipinski definition) is 6. The van der Waals surface area contributed by atoms with Gasteiger partial charge in [0.1, 0.15) is 5.76 Å². The van der Waals surface area contributed by atoms with Gasteiger partial charge in [0.2, 0.25) is 10.0 Å². The van der Waals surface area contributed by atoms with E-state index in [4.69, 9.17) is 14.9 Å². The zero-order chi connectivity index (χ0) is 17.2. The maximum atomic E-state index is 13.0. The van der Waals surface area contributed by atoms with Crippen LogP contribution in [0.3, 0.4) is 0 Å². The maximum Gasteiger partial charge on any atom is 0.258 e. The number of carbonyl (C=O) groups is 1. The number of primary amides is 1. The quantitative estimate of drug-likeness (QED) is 0.801. The molecule has 1 fully saturated rings. The van der Waals surface area contributed by atoms with Crippen molar-refractivity contribution >= 4 is 27.3 Å². The first-order valence-electron chi connectivity index (χ1n) is 7.49. The Morgan fingerprint density at radius 1 is 1.46 bits per heavy atom. The highest BCUT2D eigenvalue weighted by atomic mass is 32.2. The van der Waals surface area contributed by atoms with Crippen LogP contribution in [-0.4, -0.2) is 37.9 Å². The lowest BCUT2D eigenvalue weighted by atomic mass is 10.2. The Kier molecular flexibility index (Phi) is 5.04. The Hall–Kier alpha value is -1.68. The Bertz CT molecular complexity index is 792. The molecule has 1 unspecified atom stereocenters. The monoisotopic (exact) mass is 370 g/mol. The van der Waals surface area contributed by atoms with E-state index in [0.717, 1.165) is 24.2 Å². The third-order valence-electron chi connectivity index (χ3n) is 3.80. The fourth-order valence-electron chi connectivity index (χ4n) is 2.57. The third-order valence-corrected chi connectivity index (χ3v) is 6.68. The molecule has 24 heavy (non-hydrogen) atoms. The molecular weight excluding hydrogens is 352 g/mol. The van der Waals surface area contributed by atoms with E-state index in [-0.39, 0.29) is 29.0 Å². The summed E-state index contributed by atoms with van der Waals surface area (Å²) in [6.07, 6.45) is 3.11. The van der Waals surface area contributed by atoms with Crippen molar-refractivity contribution in [3.8, 4) is 0 Å². The molecule has 130 valence electrons. The molecule has 0 spiro atoms. The van der Waals surface area contributed by atoms with Crippen molar-refractivity contribution in [2.45, 2.75) is 30.4 Å². The van der Waals surface area contributed by atoms with Crippen LogP contribution in [0.1, 0.15) is 28.3 Å². The van der Waals surface area contributed by atoms with Gasteiger partial charge in [0, 0.05) is 18.5 Å². The van der Waals surface area contributed by atoms with E-state index >= 15 is 0 Å². The number of ether oxygens (including phenoxy) is 1. The lowest BCUT2D eigenvalue weighted by molar-refractivity contribution is 0.0914. The molecule has 3 rings (SSSR count). The fraction of sp³-hybridized carbons (Fsp3) is 0.400. The highest BCUT2D eigenvalue weighted by Crippen LogP contribution is 2.26. The summed E-state index contributed by atoms with van der Waals surface area (Å²) in [5, 5.41) is 1.43. The number of nitrogens with two attached hydrogens (primary N) is 1. The highest BCUT2D eigenvalue weighted by Gasteiger charge is 2.31. The van der Waals surface area contributed by atoms with Gasteiger partial charge in [-0.2, -0.15) is 4.31 Å². The van der Waals surface area contributed by atoms with Gasteiger partial charge in [0.15, 0.2) is 0 Å². The molecular formula is C15H18N2O5S2. The first-order chi connectivity index (χ1) is 11.5. The highest BCUT2D eigenvalue weighted by molar-refractivity contribution is 7.89. The van der Waals surface area contributed by atoms with Crippen molar-refractivity contribution in [1.82, 2.24) is 4.31 Å². The third kappa shape index (κ3) is 3.69. The van der Waals surface area contributed by atoms with E-state index in [1.165, 1.54) is 22.0 Å². The number of sulfonamides is 1. The molecule has 1 aliphatic heterocycles. The second-order valence-corrected chi connectivity index (χ2v) is 8.37. The predicted molar refractivity (Wildman–Crippen MR) is 88.1 cm³/mol. The van der Waals surface area contributed by atoms with Crippen LogP contribution >= 0.6 is 11.3 Å². The predicted octanol–water partition coefficient (Wildman–Crippen LogP) is 1.81. The zero-order valence-corrected chi connectivity index (χ0v) is 14.5. The van der Waals surface area contributed by atoms with E-state index in [1.54, 1.807) is 12.1 Å². The van der Waals surface area contributed by atoms with Crippen LogP contribution in [0, 0.1) is 0 Å². The molecule has 1 aliphatic rings. The van der Waals surface area contributed by atoms with Gasteiger partial charge in [-0.05, 0) is 31.0 Å². The largest absolute Gasteiger partial charge is 0.468 e. The van der Waals surface area contributed by atoms with Gasteiger partial charge in [-0.15, -0.1) is 11.3 Å². The summed E-state index contributed by atoms with van der Waals surface area (Å²) in [6, 6.07) is 4.75. The first kappa shape index (κ1) is 17.2. The minimum atomic E-state index is -3.78. The van der Waals surface area contributed by atoms with Crippen molar-refractivity contribution in [2.75, 3.05) is 13.2 Å². The molecule has 2 aromatic heterocycles. The Morgan fingerprint density at radius 2 is 2.29 bits per heavy atom. The standard InChI is InChI=1S/C15H18N2O5S2/c16-15(18)14-7-13(10-23-14)24(19,20)17(8-11-3-1-5-21-11)9-12-4-2-6-22-12/h1,3,5,7,10,12H,2,4,6,8-9H2,(H2,16,18). The molecule has 7 nitrogen and oxygen atoms in total. The smallest absolute Gasteiger partial charge is 0.258 e. The molecule has 0 bridgehead atoms. The minimum Gasteiger partial charge on any atom is -0.468 e. The Balaban J connectivity index is 1.87. The molecule has 2 N–H and O–H groups in total. The van der Waals surface area contributed by atoms with Crippen LogP contribution in [0.15, 0.2) is 39.2 Å². The number of furan rings is 1. The van der Waals surface area contributed by atoms with Crippen LogP contribution in [0.5, 0.6) is 0 Å². The number of rotatable bonds is 7. The number of thiophene rings is 1. The van der Waals surface area contributed by atoms with E-state index in [9.17, 15) is 13.2 Å². The van der Waals surface area contributed by atoms with Crippen LogP contribution in [0.25, 0.3) is 0 Å². The van der Waals surface area contributed by atoms with Gasteiger partial charge in [-0.25, -0.2) is 8.42 Å². The number of nitrogens with zero attached hydrogens (tertiary/aromatic N) is 1. The van der Waals surface area contributed by atoms with E-state index in [1.807, 2.05) is 0 Å². The van der Waals surface area contributed by atoms with Gasteiger partial charge in [0.25, 0.3) is 5.91 Å². The number of hydrogen-bond donors (Lipinski definition) is 1. The van der Waals surface area contributed by atoms with Gasteiger partial charge in [-0.3, -0.25) is 4.79 Å². The SMILES string of the molecule is NC(=O)c1cc(S(=O)(=O)N(Cc2ccco2)CC2CCCO2)cs1. The van der Waals surface area contributed by atoms with Crippen molar-refractivity contribution in [3.05, 3.63) is 40.5 Å². The van der Waals surface area contributed by atoms with Gasteiger partial charge in [0.05, 0.1) is 28.7 Å². The summed E-state index contributed by atoms with van der Waals surface area (Å²) in [5.74, 6) is -0.0971. The summed E-state index contributed by atoms with van der Waals surface area (Å²) >= 11 is 1.02. The van der Waals surface area contributed by atoms with Crippen molar-refractivity contribution in [2.24, 2.45) is 5.73 Å². The van der Waals surface area contributed by atoms with E-state index in [2.05, 4.69) is 0 Å². The fourth-order valence-corrected chi connectivity index (χ4v) is 5.12. The number of amides is 1. The normalized spacial score (nSPS) is 18.3. The molecule has 0 aromatic carbocycles. The molecule has 2 aromatic rings. The second kappa shape index (κ2) is 7.06. The first-order valence-corrected chi connectivity index (χ1v) is 9.81. The summed E-state index contributed by atoms with van der Waals surface area (Å²) < 4.78 is 38.1. The Morgan fingerprint density at radius 3 is 2.88 bits per heavy atom. The van der Waals surface area contributed by atoms with Crippen LogP contribution < -0.4 is 5.73 Å². The molecule has 1 amide bonds.